The average molecular weight is 390 g/mol. The van der Waals surface area contributed by atoms with Crippen molar-refractivity contribution in [1.29, 1.82) is 5.26 Å². The van der Waals surface area contributed by atoms with Gasteiger partial charge >= 0.3 is 5.97 Å². The highest BCUT2D eigenvalue weighted by Crippen LogP contribution is 2.16. The molecule has 0 aliphatic rings. The lowest BCUT2D eigenvalue weighted by molar-refractivity contribution is -0.123. The van der Waals surface area contributed by atoms with Crippen molar-refractivity contribution in [2.24, 2.45) is 0 Å². The van der Waals surface area contributed by atoms with E-state index in [-0.39, 0.29) is 11.3 Å². The number of hydrogen-bond donors (Lipinski definition) is 1. The minimum atomic E-state index is -1.10. The Kier molecular flexibility index (Phi) is 5.69. The van der Waals surface area contributed by atoms with Gasteiger partial charge in [-0.1, -0.05) is 18.2 Å². The lowest BCUT2D eigenvalue weighted by atomic mass is 10.1. The summed E-state index contributed by atoms with van der Waals surface area (Å²) < 4.78 is 6.46. The van der Waals surface area contributed by atoms with Crippen LogP contribution in [-0.4, -0.2) is 27.8 Å². The molecule has 0 radical (unpaired) electrons. The fourth-order valence-corrected chi connectivity index (χ4v) is 2.74. The molecule has 1 N–H and O–H groups in total. The number of fused-ring (bicyclic) bond motifs is 1. The highest BCUT2D eigenvalue weighted by Gasteiger charge is 2.23. The van der Waals surface area contributed by atoms with E-state index in [1.54, 1.807) is 55.5 Å². The molecule has 1 atom stereocenters. The highest BCUT2D eigenvalue weighted by molar-refractivity contribution is 6.03. The molecular formula is C21H18N4O4. The van der Waals surface area contributed by atoms with Crippen LogP contribution < -0.4 is 10.9 Å². The van der Waals surface area contributed by atoms with E-state index < -0.39 is 18.0 Å². The summed E-state index contributed by atoms with van der Waals surface area (Å²) in [5.41, 5.74) is 0.609. The van der Waals surface area contributed by atoms with E-state index in [1.165, 1.54) is 11.6 Å². The van der Waals surface area contributed by atoms with Gasteiger partial charge in [0.05, 0.1) is 17.0 Å². The molecule has 0 bridgehead atoms. The maximum Gasteiger partial charge on any atom is 0.360 e. The number of carbonyl (C=O) groups excluding carboxylic acids is 2. The van der Waals surface area contributed by atoms with Crippen molar-refractivity contribution in [3.63, 3.8) is 0 Å². The van der Waals surface area contributed by atoms with Gasteiger partial charge in [-0.15, -0.1) is 0 Å². The summed E-state index contributed by atoms with van der Waals surface area (Å²) in [6, 6.07) is 14.9. The van der Waals surface area contributed by atoms with Crippen LogP contribution in [0.4, 0.5) is 5.69 Å². The monoisotopic (exact) mass is 390 g/mol. The molecule has 8 nitrogen and oxygen atoms in total. The van der Waals surface area contributed by atoms with Gasteiger partial charge in [0.25, 0.3) is 11.5 Å². The van der Waals surface area contributed by atoms with Crippen molar-refractivity contribution in [2.45, 2.75) is 26.5 Å². The molecule has 1 heterocycles. The maximum atomic E-state index is 12.7. The minimum absolute atomic E-state index is 0.0277. The van der Waals surface area contributed by atoms with Crippen molar-refractivity contribution in [3.05, 3.63) is 70.1 Å². The minimum Gasteiger partial charge on any atom is -0.448 e. The number of carbonyl (C=O) groups is 2. The van der Waals surface area contributed by atoms with E-state index >= 15 is 0 Å². The Morgan fingerprint density at radius 2 is 1.83 bits per heavy atom. The van der Waals surface area contributed by atoms with E-state index in [9.17, 15) is 14.4 Å². The first-order valence-corrected chi connectivity index (χ1v) is 8.96. The molecule has 0 saturated carbocycles. The number of anilines is 1. The lowest BCUT2D eigenvalue weighted by Gasteiger charge is -2.14. The summed E-state index contributed by atoms with van der Waals surface area (Å²) in [5.74, 6) is -1.33. The molecule has 8 heteroatoms. The standard InChI is InChI=1S/C21H18N4O4/c1-3-25-20(27)17-7-5-4-6-16(17)18(24-25)21(28)29-13(2)19(26)23-15-10-8-14(12-22)9-11-15/h4-11,13H,3H2,1-2H3,(H,23,26)/t13-/m1/s1. The van der Waals surface area contributed by atoms with Crippen LogP contribution in [0, 0.1) is 11.3 Å². The van der Waals surface area contributed by atoms with Crippen LogP contribution in [0.15, 0.2) is 53.3 Å². The second kappa shape index (κ2) is 8.35. The Morgan fingerprint density at radius 1 is 1.17 bits per heavy atom. The Hall–Kier alpha value is -3.99. The first-order valence-electron chi connectivity index (χ1n) is 8.96. The lowest BCUT2D eigenvalue weighted by Crippen LogP contribution is -2.31. The number of nitriles is 1. The van der Waals surface area contributed by atoms with Gasteiger partial charge in [0, 0.05) is 17.6 Å². The van der Waals surface area contributed by atoms with Crippen molar-refractivity contribution < 1.29 is 14.3 Å². The van der Waals surface area contributed by atoms with Gasteiger partial charge in [0.2, 0.25) is 0 Å². The molecule has 3 aromatic rings. The normalized spacial score (nSPS) is 11.5. The third-order valence-corrected chi connectivity index (χ3v) is 4.30. The quantitative estimate of drug-likeness (QED) is 0.670. The number of benzene rings is 2. The predicted octanol–water partition coefficient (Wildman–Crippen LogP) is 2.47. The first-order chi connectivity index (χ1) is 13.9. The second-order valence-electron chi connectivity index (χ2n) is 6.24. The number of esters is 1. The van der Waals surface area contributed by atoms with Crippen LogP contribution in [0.2, 0.25) is 0 Å². The fraction of sp³-hybridized carbons (Fsp3) is 0.190. The Balaban J connectivity index is 1.80. The number of rotatable bonds is 5. The number of hydrogen-bond acceptors (Lipinski definition) is 6. The summed E-state index contributed by atoms with van der Waals surface area (Å²) in [6.07, 6.45) is -1.10. The van der Waals surface area contributed by atoms with E-state index in [2.05, 4.69) is 10.4 Å². The third kappa shape index (κ3) is 4.14. The van der Waals surface area contributed by atoms with Gasteiger partial charge < -0.3 is 10.1 Å². The van der Waals surface area contributed by atoms with Crippen LogP contribution in [0.1, 0.15) is 29.9 Å². The summed E-state index contributed by atoms with van der Waals surface area (Å²) >= 11 is 0. The van der Waals surface area contributed by atoms with Gasteiger partial charge in [0.1, 0.15) is 0 Å². The molecule has 146 valence electrons. The second-order valence-corrected chi connectivity index (χ2v) is 6.24. The van der Waals surface area contributed by atoms with Crippen molar-refractivity contribution >= 4 is 28.3 Å². The fourth-order valence-electron chi connectivity index (χ4n) is 2.74. The summed E-state index contributed by atoms with van der Waals surface area (Å²) in [6.45, 7) is 3.47. The van der Waals surface area contributed by atoms with Crippen molar-refractivity contribution in [1.82, 2.24) is 9.78 Å². The molecule has 1 amide bonds. The smallest absolute Gasteiger partial charge is 0.360 e. The molecule has 0 fully saturated rings. The molecule has 0 spiro atoms. The largest absolute Gasteiger partial charge is 0.448 e. The zero-order chi connectivity index (χ0) is 21.0. The molecule has 1 aromatic heterocycles. The molecule has 0 saturated heterocycles. The number of aromatic nitrogens is 2. The molecule has 0 aliphatic heterocycles. The number of aryl methyl sites for hydroxylation is 1. The van der Waals surface area contributed by atoms with Crippen LogP contribution in [0.3, 0.4) is 0 Å². The van der Waals surface area contributed by atoms with Crippen LogP contribution in [0.5, 0.6) is 0 Å². The first kappa shape index (κ1) is 19.8. The molecule has 29 heavy (non-hydrogen) atoms. The predicted molar refractivity (Wildman–Crippen MR) is 106 cm³/mol. The number of nitrogens with zero attached hydrogens (tertiary/aromatic N) is 3. The molecular weight excluding hydrogens is 372 g/mol. The van der Waals surface area contributed by atoms with Crippen LogP contribution >= 0.6 is 0 Å². The van der Waals surface area contributed by atoms with Crippen molar-refractivity contribution in [2.75, 3.05) is 5.32 Å². The molecule has 0 aliphatic carbocycles. The zero-order valence-electron chi connectivity index (χ0n) is 15.9. The van der Waals surface area contributed by atoms with Gasteiger partial charge in [-0.05, 0) is 44.2 Å². The summed E-state index contributed by atoms with van der Waals surface area (Å²) in [7, 11) is 0. The number of nitrogens with one attached hydrogen (secondary N) is 1. The zero-order valence-corrected chi connectivity index (χ0v) is 15.9. The van der Waals surface area contributed by atoms with E-state index in [0.717, 1.165) is 0 Å². The van der Waals surface area contributed by atoms with E-state index in [4.69, 9.17) is 10.00 Å². The number of ether oxygens (including phenoxy) is 1. The summed E-state index contributed by atoms with van der Waals surface area (Å²) in [5, 5.41) is 16.3. The summed E-state index contributed by atoms with van der Waals surface area (Å²) in [4.78, 5) is 37.4. The third-order valence-electron chi connectivity index (χ3n) is 4.30. The Bertz CT molecular complexity index is 1180. The van der Waals surface area contributed by atoms with Gasteiger partial charge in [-0.3, -0.25) is 9.59 Å². The van der Waals surface area contributed by atoms with Gasteiger partial charge in [0.15, 0.2) is 11.8 Å². The van der Waals surface area contributed by atoms with E-state index in [1.807, 2.05) is 6.07 Å². The Morgan fingerprint density at radius 3 is 2.45 bits per heavy atom. The number of amides is 1. The topological polar surface area (TPSA) is 114 Å². The average Bonchev–Trinajstić information content (AvgIpc) is 2.74. The van der Waals surface area contributed by atoms with E-state index in [0.29, 0.717) is 28.6 Å². The van der Waals surface area contributed by atoms with Gasteiger partial charge in [-0.25, -0.2) is 9.48 Å². The van der Waals surface area contributed by atoms with Gasteiger partial charge in [-0.2, -0.15) is 10.4 Å². The van der Waals surface area contributed by atoms with Crippen molar-refractivity contribution in [3.8, 4) is 6.07 Å². The van der Waals surface area contributed by atoms with Crippen LogP contribution in [0.25, 0.3) is 10.8 Å². The Labute approximate surface area is 166 Å². The molecule has 0 unspecified atom stereocenters. The molecule has 2 aromatic carbocycles. The maximum absolute atomic E-state index is 12.7. The molecule has 3 rings (SSSR count). The van der Waals surface area contributed by atoms with Crippen LogP contribution in [-0.2, 0) is 16.1 Å². The SMILES string of the molecule is CCn1nc(C(=O)O[C@H](C)C(=O)Nc2ccc(C#N)cc2)c2ccccc2c1=O. The highest BCUT2D eigenvalue weighted by atomic mass is 16.5.